The Morgan fingerprint density at radius 1 is 1.19 bits per heavy atom. The number of hydrogen-bond acceptors (Lipinski definition) is 4. The van der Waals surface area contributed by atoms with Gasteiger partial charge in [-0.25, -0.2) is 8.78 Å². The number of carbonyl (C=O) groups is 1. The van der Waals surface area contributed by atoms with Crippen LogP contribution in [0.1, 0.15) is 0 Å². The van der Waals surface area contributed by atoms with E-state index in [0.29, 0.717) is 11.5 Å². The van der Waals surface area contributed by atoms with E-state index in [1.54, 1.807) is 24.3 Å². The summed E-state index contributed by atoms with van der Waals surface area (Å²) in [5, 5.41) is 8.62. The SMILES string of the molecule is O=C(Nc1cc(F)c(-c2cn[nH]c2)c(F)c1)C1COc2ccccc2O1. The van der Waals surface area contributed by atoms with Crippen LogP contribution in [-0.4, -0.2) is 28.8 Å². The molecule has 26 heavy (non-hydrogen) atoms. The summed E-state index contributed by atoms with van der Waals surface area (Å²) in [6.45, 7) is 0.000907. The second-order valence-electron chi connectivity index (χ2n) is 5.66. The molecule has 2 N–H and O–H groups in total. The first-order valence-corrected chi connectivity index (χ1v) is 7.79. The van der Waals surface area contributed by atoms with Gasteiger partial charge < -0.3 is 14.8 Å². The lowest BCUT2D eigenvalue weighted by atomic mass is 10.1. The molecule has 4 rings (SSSR count). The molecule has 1 atom stereocenters. The molecule has 2 aromatic carbocycles. The number of benzene rings is 2. The predicted octanol–water partition coefficient (Wildman–Crippen LogP) is 3.13. The number of H-pyrrole nitrogens is 1. The third kappa shape index (κ3) is 2.97. The minimum absolute atomic E-state index is 0.000907. The van der Waals surface area contributed by atoms with Gasteiger partial charge in [0.2, 0.25) is 6.10 Å². The van der Waals surface area contributed by atoms with Crippen LogP contribution in [0.5, 0.6) is 11.5 Å². The Hall–Kier alpha value is -3.42. The predicted molar refractivity (Wildman–Crippen MR) is 88.9 cm³/mol. The van der Waals surface area contributed by atoms with E-state index in [0.717, 1.165) is 12.1 Å². The number of amides is 1. The smallest absolute Gasteiger partial charge is 0.269 e. The molecule has 6 nitrogen and oxygen atoms in total. The number of ether oxygens (including phenoxy) is 2. The molecule has 1 amide bonds. The van der Waals surface area contributed by atoms with Crippen molar-refractivity contribution in [2.75, 3.05) is 11.9 Å². The van der Waals surface area contributed by atoms with E-state index in [2.05, 4.69) is 15.5 Å². The summed E-state index contributed by atoms with van der Waals surface area (Å²) in [6, 6.07) is 9.02. The molecule has 1 aliphatic rings. The van der Waals surface area contributed by atoms with Crippen molar-refractivity contribution in [3.8, 4) is 22.6 Å². The van der Waals surface area contributed by atoms with Gasteiger partial charge in [-0.05, 0) is 24.3 Å². The molecule has 0 bridgehead atoms. The van der Waals surface area contributed by atoms with E-state index in [1.807, 2.05) is 0 Å². The standard InChI is InChI=1S/C18H13F2N3O3/c19-12-5-11(6-13(20)17(12)10-7-21-22-8-10)23-18(24)16-9-25-14-3-1-2-4-15(14)26-16/h1-8,16H,9H2,(H,21,22)(H,23,24). The number of nitrogens with zero attached hydrogens (tertiary/aromatic N) is 1. The summed E-state index contributed by atoms with van der Waals surface area (Å²) in [5.74, 6) is -1.21. The first-order chi connectivity index (χ1) is 12.6. The summed E-state index contributed by atoms with van der Waals surface area (Å²) in [5.41, 5.74) is 0.0427. The quantitative estimate of drug-likeness (QED) is 0.755. The average Bonchev–Trinajstić information content (AvgIpc) is 3.15. The van der Waals surface area contributed by atoms with Gasteiger partial charge in [0.05, 0.1) is 11.8 Å². The van der Waals surface area contributed by atoms with Crippen molar-refractivity contribution in [1.82, 2.24) is 10.2 Å². The number of para-hydroxylation sites is 2. The van der Waals surface area contributed by atoms with Crippen molar-refractivity contribution in [1.29, 1.82) is 0 Å². The molecular formula is C18H13F2N3O3. The highest BCUT2D eigenvalue weighted by molar-refractivity contribution is 5.95. The van der Waals surface area contributed by atoms with Gasteiger partial charge in [-0.1, -0.05) is 12.1 Å². The summed E-state index contributed by atoms with van der Waals surface area (Å²) >= 11 is 0. The molecule has 2 heterocycles. The Balaban J connectivity index is 1.52. The van der Waals surface area contributed by atoms with E-state index < -0.39 is 23.6 Å². The maximum Gasteiger partial charge on any atom is 0.269 e. The molecule has 8 heteroatoms. The van der Waals surface area contributed by atoms with Crippen molar-refractivity contribution in [2.45, 2.75) is 6.10 Å². The van der Waals surface area contributed by atoms with Gasteiger partial charge in [-0.2, -0.15) is 5.10 Å². The molecule has 132 valence electrons. The fourth-order valence-electron chi connectivity index (χ4n) is 2.68. The highest BCUT2D eigenvalue weighted by Crippen LogP contribution is 2.32. The van der Waals surface area contributed by atoms with Crippen LogP contribution in [0.3, 0.4) is 0 Å². The molecule has 0 spiro atoms. The van der Waals surface area contributed by atoms with E-state index in [9.17, 15) is 13.6 Å². The number of carbonyl (C=O) groups excluding carboxylic acids is 1. The fraction of sp³-hybridized carbons (Fsp3) is 0.111. The summed E-state index contributed by atoms with van der Waals surface area (Å²) in [4.78, 5) is 12.3. The highest BCUT2D eigenvalue weighted by atomic mass is 19.1. The second-order valence-corrected chi connectivity index (χ2v) is 5.66. The van der Waals surface area contributed by atoms with E-state index in [-0.39, 0.29) is 23.4 Å². The van der Waals surface area contributed by atoms with Crippen LogP contribution in [0, 0.1) is 11.6 Å². The molecule has 0 saturated carbocycles. The largest absolute Gasteiger partial charge is 0.485 e. The number of hydrogen-bond donors (Lipinski definition) is 2. The summed E-state index contributed by atoms with van der Waals surface area (Å²) < 4.78 is 39.6. The number of fused-ring (bicyclic) bond motifs is 1. The maximum absolute atomic E-state index is 14.3. The zero-order valence-electron chi connectivity index (χ0n) is 13.3. The average molecular weight is 357 g/mol. The first-order valence-electron chi connectivity index (χ1n) is 7.79. The van der Waals surface area contributed by atoms with Crippen LogP contribution in [0.2, 0.25) is 0 Å². The number of rotatable bonds is 3. The van der Waals surface area contributed by atoms with Gasteiger partial charge in [-0.3, -0.25) is 9.89 Å². The van der Waals surface area contributed by atoms with Gasteiger partial charge >= 0.3 is 0 Å². The zero-order chi connectivity index (χ0) is 18.1. The second kappa shape index (κ2) is 6.47. The Morgan fingerprint density at radius 2 is 1.92 bits per heavy atom. The van der Waals surface area contributed by atoms with Crippen LogP contribution in [-0.2, 0) is 4.79 Å². The molecule has 0 aliphatic carbocycles. The highest BCUT2D eigenvalue weighted by Gasteiger charge is 2.27. The summed E-state index contributed by atoms with van der Waals surface area (Å²) in [7, 11) is 0. The van der Waals surface area contributed by atoms with Crippen molar-refractivity contribution in [2.24, 2.45) is 0 Å². The lowest BCUT2D eigenvalue weighted by Crippen LogP contribution is -2.40. The van der Waals surface area contributed by atoms with Crippen molar-refractivity contribution in [3.05, 3.63) is 60.4 Å². The van der Waals surface area contributed by atoms with Crippen LogP contribution in [0.25, 0.3) is 11.1 Å². The van der Waals surface area contributed by atoms with Crippen molar-refractivity contribution < 1.29 is 23.0 Å². The molecule has 1 unspecified atom stereocenters. The molecule has 0 fully saturated rings. The first kappa shape index (κ1) is 16.1. The Bertz CT molecular complexity index is 937. The topological polar surface area (TPSA) is 76.2 Å². The van der Waals surface area contributed by atoms with E-state index >= 15 is 0 Å². The minimum Gasteiger partial charge on any atom is -0.485 e. The van der Waals surface area contributed by atoms with Gasteiger partial charge in [0, 0.05) is 17.4 Å². The lowest BCUT2D eigenvalue weighted by molar-refractivity contribution is -0.125. The maximum atomic E-state index is 14.3. The van der Waals surface area contributed by atoms with Gasteiger partial charge in [0.1, 0.15) is 18.2 Å². The monoisotopic (exact) mass is 357 g/mol. The Kier molecular flexibility index (Phi) is 4.00. The normalized spacial score (nSPS) is 15.5. The van der Waals surface area contributed by atoms with Crippen molar-refractivity contribution in [3.63, 3.8) is 0 Å². The van der Waals surface area contributed by atoms with Crippen LogP contribution in [0.15, 0.2) is 48.8 Å². The third-order valence-electron chi connectivity index (χ3n) is 3.90. The minimum atomic E-state index is -0.926. The number of aromatic nitrogens is 2. The van der Waals surface area contributed by atoms with E-state index in [4.69, 9.17) is 9.47 Å². The molecule has 1 aromatic heterocycles. The lowest BCUT2D eigenvalue weighted by Gasteiger charge is -2.25. The van der Waals surface area contributed by atoms with Crippen molar-refractivity contribution >= 4 is 11.6 Å². The molecule has 0 saturated heterocycles. The number of nitrogens with one attached hydrogen (secondary N) is 2. The van der Waals surface area contributed by atoms with Gasteiger partial charge in [-0.15, -0.1) is 0 Å². The third-order valence-corrected chi connectivity index (χ3v) is 3.90. The number of aromatic amines is 1. The summed E-state index contributed by atoms with van der Waals surface area (Å²) in [6.07, 6.45) is 1.76. The van der Waals surface area contributed by atoms with Gasteiger partial charge in [0.25, 0.3) is 5.91 Å². The zero-order valence-corrected chi connectivity index (χ0v) is 13.3. The van der Waals surface area contributed by atoms with E-state index in [1.165, 1.54) is 12.4 Å². The molecule has 0 radical (unpaired) electrons. The molecular weight excluding hydrogens is 344 g/mol. The Morgan fingerprint density at radius 3 is 2.62 bits per heavy atom. The van der Waals surface area contributed by atoms with Crippen LogP contribution >= 0.6 is 0 Å². The van der Waals surface area contributed by atoms with Gasteiger partial charge in [0.15, 0.2) is 11.5 Å². The molecule has 3 aromatic rings. The van der Waals surface area contributed by atoms with Crippen LogP contribution in [0.4, 0.5) is 14.5 Å². The number of anilines is 1. The molecule has 1 aliphatic heterocycles. The van der Waals surface area contributed by atoms with Crippen LogP contribution < -0.4 is 14.8 Å². The number of halogens is 2. The Labute approximate surface area is 146 Å². The fourth-order valence-corrected chi connectivity index (χ4v) is 2.68.